The van der Waals surface area contributed by atoms with Crippen LogP contribution in [0.2, 0.25) is 0 Å². The molecule has 0 radical (unpaired) electrons. The molecule has 0 saturated heterocycles. The van der Waals surface area contributed by atoms with Crippen molar-refractivity contribution in [1.82, 2.24) is 10.6 Å². The molecule has 0 aliphatic carbocycles. The molecule has 2 N–H and O–H groups in total. The van der Waals surface area contributed by atoms with Crippen LogP contribution in [0, 0.1) is 0 Å². The zero-order valence-corrected chi connectivity index (χ0v) is 28.6. The summed E-state index contributed by atoms with van der Waals surface area (Å²) in [6.45, 7) is 17.9. The van der Waals surface area contributed by atoms with Crippen LogP contribution in [-0.4, -0.2) is 35.5 Å². The van der Waals surface area contributed by atoms with Crippen LogP contribution >= 0.6 is 0 Å². The summed E-state index contributed by atoms with van der Waals surface area (Å²) < 4.78 is 5.00. The molecule has 0 spiro atoms. The van der Waals surface area contributed by atoms with Crippen LogP contribution in [0.3, 0.4) is 0 Å². The summed E-state index contributed by atoms with van der Waals surface area (Å²) in [6.07, 6.45) is -0.354. The summed E-state index contributed by atoms with van der Waals surface area (Å²) in [6, 6.07) is 43.0. The first-order chi connectivity index (χ1) is 21.4. The summed E-state index contributed by atoms with van der Waals surface area (Å²) in [5.74, 6) is 0. The SMILES string of the molecule is CC(C)N=C(c1ccccc1)c1ccccc1.CC(C)NC(=O)OC(C)(C)C.CC(C)NC(c1ccccc1)c1ccccc1. The molecule has 1 amide bonds. The monoisotopic (exact) mass is 607 g/mol. The van der Waals surface area contributed by atoms with E-state index in [1.165, 1.54) is 22.3 Å². The van der Waals surface area contributed by atoms with Crippen molar-refractivity contribution in [3.05, 3.63) is 144 Å². The van der Waals surface area contributed by atoms with Gasteiger partial charge in [0.25, 0.3) is 0 Å². The van der Waals surface area contributed by atoms with Crippen LogP contribution < -0.4 is 10.6 Å². The predicted octanol–water partition coefficient (Wildman–Crippen LogP) is 9.63. The number of benzene rings is 4. The maximum Gasteiger partial charge on any atom is 0.407 e. The van der Waals surface area contributed by atoms with Gasteiger partial charge in [-0.3, -0.25) is 4.99 Å². The Labute approximate surface area is 272 Å². The van der Waals surface area contributed by atoms with Crippen LogP contribution in [0.4, 0.5) is 4.79 Å². The third-order valence-electron chi connectivity index (χ3n) is 6.05. The van der Waals surface area contributed by atoms with E-state index in [9.17, 15) is 4.79 Å². The maximum atomic E-state index is 10.9. The lowest BCUT2D eigenvalue weighted by atomic mass is 9.98. The summed E-state index contributed by atoms with van der Waals surface area (Å²) in [5, 5.41) is 6.25. The van der Waals surface area contributed by atoms with Crippen molar-refractivity contribution in [3.8, 4) is 0 Å². The van der Waals surface area contributed by atoms with Gasteiger partial charge in [-0.05, 0) is 73.4 Å². The topological polar surface area (TPSA) is 62.7 Å². The molecule has 0 aliphatic heterocycles. The van der Waals surface area contributed by atoms with Crippen LogP contribution in [0.25, 0.3) is 0 Å². The van der Waals surface area contributed by atoms with Crippen LogP contribution in [0.15, 0.2) is 126 Å². The highest BCUT2D eigenvalue weighted by Gasteiger charge is 2.16. The molecule has 0 heterocycles. The van der Waals surface area contributed by atoms with Crippen LogP contribution in [-0.2, 0) is 4.74 Å². The quantitative estimate of drug-likeness (QED) is 0.196. The number of hydrogen-bond acceptors (Lipinski definition) is 4. The number of alkyl carbamates (subject to hydrolysis) is 1. The van der Waals surface area contributed by atoms with Gasteiger partial charge in [0.1, 0.15) is 5.60 Å². The van der Waals surface area contributed by atoms with E-state index in [0.29, 0.717) is 12.1 Å². The first-order valence-corrected chi connectivity index (χ1v) is 15.9. The van der Waals surface area contributed by atoms with Gasteiger partial charge >= 0.3 is 6.09 Å². The largest absolute Gasteiger partial charge is 0.444 e. The van der Waals surface area contributed by atoms with E-state index in [0.717, 1.165) is 5.71 Å². The number of rotatable bonds is 8. The third kappa shape index (κ3) is 15.4. The van der Waals surface area contributed by atoms with E-state index in [1.807, 2.05) is 71.0 Å². The van der Waals surface area contributed by atoms with Crippen molar-refractivity contribution >= 4 is 11.8 Å². The van der Waals surface area contributed by atoms with Gasteiger partial charge in [0, 0.05) is 29.3 Å². The Morgan fingerprint density at radius 3 is 1.29 bits per heavy atom. The lowest BCUT2D eigenvalue weighted by Gasteiger charge is -2.22. The van der Waals surface area contributed by atoms with E-state index in [4.69, 9.17) is 9.73 Å². The minimum Gasteiger partial charge on any atom is -0.444 e. The van der Waals surface area contributed by atoms with E-state index < -0.39 is 5.60 Å². The molecule has 0 aromatic heterocycles. The maximum absolute atomic E-state index is 10.9. The zero-order valence-electron chi connectivity index (χ0n) is 28.6. The van der Waals surface area contributed by atoms with Gasteiger partial charge in [-0.1, -0.05) is 121 Å². The number of ether oxygens (including phenoxy) is 1. The zero-order chi connectivity index (χ0) is 33.2. The van der Waals surface area contributed by atoms with Gasteiger partial charge in [-0.25, -0.2) is 4.79 Å². The number of nitrogens with zero attached hydrogens (tertiary/aromatic N) is 1. The molecule has 0 atom stereocenters. The van der Waals surface area contributed by atoms with Crippen molar-refractivity contribution < 1.29 is 9.53 Å². The fraction of sp³-hybridized carbons (Fsp3) is 0.350. The smallest absolute Gasteiger partial charge is 0.407 e. The Balaban J connectivity index is 0.000000242. The Morgan fingerprint density at radius 2 is 0.978 bits per heavy atom. The molecular weight excluding hydrogens is 554 g/mol. The second-order valence-corrected chi connectivity index (χ2v) is 12.7. The Kier molecular flexibility index (Phi) is 15.8. The highest BCUT2D eigenvalue weighted by atomic mass is 16.6. The second-order valence-electron chi connectivity index (χ2n) is 12.7. The second kappa shape index (κ2) is 19.2. The average molecular weight is 608 g/mol. The number of aliphatic imine (C=N–C) groups is 1. The van der Waals surface area contributed by atoms with Gasteiger partial charge in [0.05, 0.1) is 11.8 Å². The van der Waals surface area contributed by atoms with Crippen molar-refractivity contribution in [2.45, 2.75) is 92.1 Å². The number of carbonyl (C=O) groups is 1. The third-order valence-corrected chi connectivity index (χ3v) is 6.05. The van der Waals surface area contributed by atoms with E-state index >= 15 is 0 Å². The molecule has 0 aliphatic rings. The molecule has 5 heteroatoms. The fourth-order valence-electron chi connectivity index (χ4n) is 4.32. The Bertz CT molecular complexity index is 1300. The fourth-order valence-corrected chi connectivity index (χ4v) is 4.32. The molecule has 0 bridgehead atoms. The van der Waals surface area contributed by atoms with Gasteiger partial charge in [-0.2, -0.15) is 0 Å². The molecule has 0 saturated carbocycles. The standard InChI is InChI=1S/C16H19N.C16H17N.C8H17NO2/c2*1-13(2)17-16(14-9-5-3-6-10-14)15-11-7-4-8-12-15;1-6(2)9-7(10)11-8(3,4)5/h3-13,16-17H,1-2H3;3-13H,1-2H3;6H,1-5H3,(H,9,10). The van der Waals surface area contributed by atoms with Gasteiger partial charge in [0.15, 0.2) is 0 Å². The van der Waals surface area contributed by atoms with Crippen LogP contribution in [0.1, 0.15) is 90.6 Å². The van der Waals surface area contributed by atoms with Crippen molar-refractivity contribution in [3.63, 3.8) is 0 Å². The van der Waals surface area contributed by atoms with Crippen molar-refractivity contribution in [2.75, 3.05) is 0 Å². The Morgan fingerprint density at radius 1 is 0.600 bits per heavy atom. The Hall–Kier alpha value is -4.22. The summed E-state index contributed by atoms with van der Waals surface area (Å²) >= 11 is 0. The summed E-state index contributed by atoms with van der Waals surface area (Å²) in [4.78, 5) is 15.7. The molecule has 4 aromatic carbocycles. The average Bonchev–Trinajstić information content (AvgIpc) is 2.99. The number of nitrogens with one attached hydrogen (secondary N) is 2. The van der Waals surface area contributed by atoms with Gasteiger partial charge < -0.3 is 15.4 Å². The normalized spacial score (nSPS) is 10.9. The summed E-state index contributed by atoms with van der Waals surface area (Å²) in [7, 11) is 0. The minimum absolute atomic E-state index is 0.129. The van der Waals surface area contributed by atoms with Gasteiger partial charge in [-0.15, -0.1) is 0 Å². The number of hydrogen-bond donors (Lipinski definition) is 2. The minimum atomic E-state index is -0.404. The molecule has 0 fully saturated rings. The predicted molar refractivity (Wildman–Crippen MR) is 191 cm³/mol. The molecule has 4 rings (SSSR count). The number of carbonyl (C=O) groups excluding carboxylic acids is 1. The van der Waals surface area contributed by atoms with E-state index in [-0.39, 0.29) is 18.2 Å². The molecule has 4 aromatic rings. The molecule has 240 valence electrons. The lowest BCUT2D eigenvalue weighted by Crippen LogP contribution is -2.36. The number of amides is 1. The van der Waals surface area contributed by atoms with E-state index in [2.05, 4.69) is 123 Å². The van der Waals surface area contributed by atoms with Crippen molar-refractivity contribution in [1.29, 1.82) is 0 Å². The van der Waals surface area contributed by atoms with Gasteiger partial charge in [0.2, 0.25) is 0 Å². The first-order valence-electron chi connectivity index (χ1n) is 15.9. The van der Waals surface area contributed by atoms with Crippen molar-refractivity contribution in [2.24, 2.45) is 4.99 Å². The molecule has 45 heavy (non-hydrogen) atoms. The molecule has 0 unspecified atom stereocenters. The first kappa shape index (κ1) is 37.0. The van der Waals surface area contributed by atoms with Crippen LogP contribution in [0.5, 0.6) is 0 Å². The lowest BCUT2D eigenvalue weighted by molar-refractivity contribution is 0.0512. The summed E-state index contributed by atoms with van der Waals surface area (Å²) in [5.41, 5.74) is 5.64. The molecule has 5 nitrogen and oxygen atoms in total. The highest BCUT2D eigenvalue weighted by Crippen LogP contribution is 2.22. The molecular formula is C40H53N3O2. The van der Waals surface area contributed by atoms with E-state index in [1.54, 1.807) is 0 Å². The highest BCUT2D eigenvalue weighted by molar-refractivity contribution is 6.12.